The summed E-state index contributed by atoms with van der Waals surface area (Å²) in [6, 6.07) is 0.352. The summed E-state index contributed by atoms with van der Waals surface area (Å²) in [7, 11) is 0. The fourth-order valence-electron chi connectivity index (χ4n) is 3.11. The molecule has 2 atom stereocenters. The maximum absolute atomic E-state index is 11.4. The number of hydrogen-bond acceptors (Lipinski definition) is 4. The molecule has 2 fully saturated rings. The van der Waals surface area contributed by atoms with Crippen LogP contribution in [0.2, 0.25) is 0 Å². The molecular weight excluding hydrogens is 230 g/mol. The first kappa shape index (κ1) is 13.8. The summed E-state index contributed by atoms with van der Waals surface area (Å²) in [5.74, 6) is 0.0648. The summed E-state index contributed by atoms with van der Waals surface area (Å²) in [6.45, 7) is 9.96. The molecule has 2 unspecified atom stereocenters. The van der Waals surface area contributed by atoms with Gasteiger partial charge in [-0.2, -0.15) is 0 Å². The van der Waals surface area contributed by atoms with Crippen molar-refractivity contribution in [1.82, 2.24) is 5.32 Å². The minimum Gasteiger partial charge on any atom is -0.465 e. The fraction of sp³-hybridized carbons (Fsp3) is 0.929. The molecule has 0 bridgehead atoms. The van der Waals surface area contributed by atoms with E-state index in [0.717, 1.165) is 25.8 Å². The highest BCUT2D eigenvalue weighted by molar-refractivity contribution is 5.74. The largest absolute Gasteiger partial charge is 0.465 e. The predicted octanol–water partition coefficient (Wildman–Crippen LogP) is 1.88. The monoisotopic (exact) mass is 255 g/mol. The lowest BCUT2D eigenvalue weighted by molar-refractivity contribution is -0.141. The van der Waals surface area contributed by atoms with E-state index in [-0.39, 0.29) is 23.1 Å². The number of carbonyl (C=O) groups excluding carboxylic acids is 1. The van der Waals surface area contributed by atoms with E-state index < -0.39 is 0 Å². The van der Waals surface area contributed by atoms with Crippen LogP contribution in [0.25, 0.3) is 0 Å². The molecule has 4 nitrogen and oxygen atoms in total. The lowest BCUT2D eigenvalue weighted by atomic mass is 9.94. The quantitative estimate of drug-likeness (QED) is 0.779. The standard InChI is InChI=1S/C14H25NO3/c1-13(2)9-11(14(3,4)18-13)15-7-5-10-6-8-17-12(10)16/h10-11,15H,5-9H2,1-4H3. The second-order valence-electron chi connectivity index (χ2n) is 6.62. The number of cyclic esters (lactones) is 1. The van der Waals surface area contributed by atoms with Crippen molar-refractivity contribution < 1.29 is 14.3 Å². The Labute approximate surface area is 109 Å². The molecule has 2 saturated heterocycles. The van der Waals surface area contributed by atoms with Gasteiger partial charge in [-0.05, 0) is 53.5 Å². The van der Waals surface area contributed by atoms with Gasteiger partial charge in [0.25, 0.3) is 0 Å². The zero-order valence-electron chi connectivity index (χ0n) is 11.9. The van der Waals surface area contributed by atoms with E-state index >= 15 is 0 Å². The molecule has 104 valence electrons. The Balaban J connectivity index is 1.78. The first-order chi connectivity index (χ1) is 8.30. The first-order valence-electron chi connectivity index (χ1n) is 6.90. The molecule has 0 spiro atoms. The zero-order chi connectivity index (χ0) is 13.4. The summed E-state index contributed by atoms with van der Waals surface area (Å²) >= 11 is 0. The minimum absolute atomic E-state index is 0.0286. The number of carbonyl (C=O) groups is 1. The third-order valence-electron chi connectivity index (χ3n) is 4.00. The van der Waals surface area contributed by atoms with Crippen molar-refractivity contribution >= 4 is 5.97 Å². The third-order valence-corrected chi connectivity index (χ3v) is 4.00. The summed E-state index contributed by atoms with van der Waals surface area (Å²) in [4.78, 5) is 11.4. The van der Waals surface area contributed by atoms with Crippen LogP contribution in [0.15, 0.2) is 0 Å². The average molecular weight is 255 g/mol. The molecule has 0 radical (unpaired) electrons. The van der Waals surface area contributed by atoms with Gasteiger partial charge in [-0.3, -0.25) is 4.79 Å². The number of nitrogens with one attached hydrogen (secondary N) is 1. The van der Waals surface area contributed by atoms with Crippen molar-refractivity contribution in [3.8, 4) is 0 Å². The molecule has 2 heterocycles. The Morgan fingerprint density at radius 3 is 2.56 bits per heavy atom. The van der Waals surface area contributed by atoms with Gasteiger partial charge >= 0.3 is 5.97 Å². The molecule has 0 aliphatic carbocycles. The SMILES string of the molecule is CC1(C)CC(NCCC2CCOC2=O)C(C)(C)O1. The van der Waals surface area contributed by atoms with Gasteiger partial charge in [-0.15, -0.1) is 0 Å². The second-order valence-corrected chi connectivity index (χ2v) is 6.62. The Bertz CT molecular complexity index is 325. The maximum Gasteiger partial charge on any atom is 0.309 e. The molecule has 4 heteroatoms. The van der Waals surface area contributed by atoms with Gasteiger partial charge in [0, 0.05) is 6.04 Å². The summed E-state index contributed by atoms with van der Waals surface area (Å²) in [5.41, 5.74) is -0.201. The van der Waals surface area contributed by atoms with Crippen LogP contribution in [-0.2, 0) is 14.3 Å². The Morgan fingerprint density at radius 2 is 2.06 bits per heavy atom. The van der Waals surface area contributed by atoms with Gasteiger partial charge in [0.1, 0.15) is 0 Å². The van der Waals surface area contributed by atoms with Crippen molar-refractivity contribution in [2.24, 2.45) is 5.92 Å². The number of ether oxygens (including phenoxy) is 2. The van der Waals surface area contributed by atoms with Gasteiger partial charge in [-0.1, -0.05) is 0 Å². The van der Waals surface area contributed by atoms with E-state index in [4.69, 9.17) is 9.47 Å². The maximum atomic E-state index is 11.4. The molecule has 0 aromatic heterocycles. The van der Waals surface area contributed by atoms with Gasteiger partial charge < -0.3 is 14.8 Å². The zero-order valence-corrected chi connectivity index (χ0v) is 11.9. The van der Waals surface area contributed by atoms with E-state index in [0.29, 0.717) is 12.6 Å². The average Bonchev–Trinajstić information content (AvgIpc) is 2.69. The van der Waals surface area contributed by atoms with Crippen molar-refractivity contribution in [1.29, 1.82) is 0 Å². The van der Waals surface area contributed by atoms with E-state index in [2.05, 4.69) is 33.0 Å². The van der Waals surface area contributed by atoms with Crippen LogP contribution < -0.4 is 5.32 Å². The number of esters is 1. The smallest absolute Gasteiger partial charge is 0.309 e. The van der Waals surface area contributed by atoms with Gasteiger partial charge in [0.05, 0.1) is 23.7 Å². The Morgan fingerprint density at radius 1 is 1.33 bits per heavy atom. The van der Waals surface area contributed by atoms with Crippen molar-refractivity contribution in [2.45, 2.75) is 64.2 Å². The second kappa shape index (κ2) is 4.82. The molecule has 0 aromatic rings. The number of hydrogen-bond donors (Lipinski definition) is 1. The molecule has 2 aliphatic heterocycles. The Kier molecular flexibility index (Phi) is 3.70. The molecule has 0 amide bonds. The van der Waals surface area contributed by atoms with Gasteiger partial charge in [0.15, 0.2) is 0 Å². The Hall–Kier alpha value is -0.610. The van der Waals surface area contributed by atoms with Gasteiger partial charge in [-0.25, -0.2) is 0 Å². The molecular formula is C14H25NO3. The summed E-state index contributed by atoms with van der Waals surface area (Å²) in [5, 5.41) is 3.54. The third kappa shape index (κ3) is 3.04. The molecule has 2 rings (SSSR count). The highest BCUT2D eigenvalue weighted by Crippen LogP contribution is 2.37. The highest BCUT2D eigenvalue weighted by Gasteiger charge is 2.45. The molecule has 0 aromatic carbocycles. The molecule has 18 heavy (non-hydrogen) atoms. The van der Waals surface area contributed by atoms with E-state index in [1.165, 1.54) is 0 Å². The predicted molar refractivity (Wildman–Crippen MR) is 69.3 cm³/mol. The minimum atomic E-state index is -0.139. The lowest BCUT2D eigenvalue weighted by Crippen LogP contribution is -2.44. The van der Waals surface area contributed by atoms with Crippen molar-refractivity contribution in [3.05, 3.63) is 0 Å². The van der Waals surface area contributed by atoms with Crippen LogP contribution in [0, 0.1) is 5.92 Å². The van der Waals surface area contributed by atoms with E-state index in [1.54, 1.807) is 0 Å². The van der Waals surface area contributed by atoms with Crippen molar-refractivity contribution in [3.63, 3.8) is 0 Å². The fourth-order valence-corrected chi connectivity index (χ4v) is 3.11. The summed E-state index contributed by atoms with van der Waals surface area (Å²) in [6.07, 6.45) is 2.75. The lowest BCUT2D eigenvalue weighted by Gasteiger charge is -2.28. The number of rotatable bonds is 4. The van der Waals surface area contributed by atoms with E-state index in [9.17, 15) is 4.79 Å². The van der Waals surface area contributed by atoms with Crippen LogP contribution >= 0.6 is 0 Å². The normalized spacial score (nSPS) is 33.7. The van der Waals surface area contributed by atoms with Crippen LogP contribution in [0.1, 0.15) is 47.0 Å². The first-order valence-corrected chi connectivity index (χ1v) is 6.90. The van der Waals surface area contributed by atoms with E-state index in [1.807, 2.05) is 0 Å². The highest BCUT2D eigenvalue weighted by atomic mass is 16.5. The summed E-state index contributed by atoms with van der Waals surface area (Å²) < 4.78 is 11.0. The van der Waals surface area contributed by atoms with Gasteiger partial charge in [0.2, 0.25) is 0 Å². The molecule has 0 saturated carbocycles. The van der Waals surface area contributed by atoms with Crippen LogP contribution in [0.3, 0.4) is 0 Å². The van der Waals surface area contributed by atoms with Crippen LogP contribution in [0.5, 0.6) is 0 Å². The van der Waals surface area contributed by atoms with Crippen LogP contribution in [-0.4, -0.2) is 36.4 Å². The topological polar surface area (TPSA) is 47.6 Å². The molecule has 1 N–H and O–H groups in total. The molecule has 2 aliphatic rings. The van der Waals surface area contributed by atoms with Crippen molar-refractivity contribution in [2.75, 3.05) is 13.2 Å². The van der Waals surface area contributed by atoms with Crippen LogP contribution in [0.4, 0.5) is 0 Å².